The van der Waals surface area contributed by atoms with Gasteiger partial charge in [0, 0.05) is 6.04 Å². The lowest BCUT2D eigenvalue weighted by Crippen LogP contribution is -2.18. The van der Waals surface area contributed by atoms with E-state index in [4.69, 9.17) is 5.73 Å². The first-order valence-electron chi connectivity index (χ1n) is 5.09. The molecular weight excluding hydrogens is 220 g/mol. The Morgan fingerprint density at radius 2 is 2.38 bits per heavy atom. The molecule has 5 heteroatoms. The summed E-state index contributed by atoms with van der Waals surface area (Å²) in [5.74, 6) is 1.16. The van der Waals surface area contributed by atoms with Crippen molar-refractivity contribution in [2.24, 2.45) is 0 Å². The predicted octanol–water partition coefficient (Wildman–Crippen LogP) is 2.16. The Bertz CT molecular complexity index is 441. The summed E-state index contributed by atoms with van der Waals surface area (Å²) < 4.78 is 0. The highest BCUT2D eigenvalue weighted by Crippen LogP contribution is 2.11. The predicted molar refractivity (Wildman–Crippen MR) is 67.6 cm³/mol. The number of rotatable bonds is 4. The Morgan fingerprint density at radius 3 is 3.06 bits per heavy atom. The quantitative estimate of drug-likeness (QED) is 0.851. The summed E-state index contributed by atoms with van der Waals surface area (Å²) >= 11 is 1.71. The second kappa shape index (κ2) is 4.94. The molecule has 0 aliphatic heterocycles. The molecular formula is C11H14N4S. The van der Waals surface area contributed by atoms with Gasteiger partial charge in [-0.3, -0.25) is 4.98 Å². The highest BCUT2D eigenvalue weighted by molar-refractivity contribution is 7.07. The van der Waals surface area contributed by atoms with Gasteiger partial charge in [-0.25, -0.2) is 4.98 Å². The van der Waals surface area contributed by atoms with Crippen LogP contribution >= 0.6 is 11.3 Å². The molecule has 0 aliphatic rings. The fraction of sp³-hybridized carbons (Fsp3) is 0.273. The molecule has 0 bridgehead atoms. The third-order valence-electron chi connectivity index (χ3n) is 2.17. The maximum absolute atomic E-state index is 5.56. The van der Waals surface area contributed by atoms with Gasteiger partial charge in [-0.05, 0) is 35.7 Å². The number of thiophene rings is 1. The molecule has 3 N–H and O–H groups in total. The number of nitrogens with two attached hydrogens (primary N) is 1. The molecule has 0 saturated heterocycles. The standard InChI is InChI=1S/C11H14N4S/c1-8(4-9-2-3-16-7-9)14-11-6-13-5-10(12)15-11/h2-3,5-8H,4H2,1H3,(H3,12,14,15). The molecule has 0 aliphatic carbocycles. The van der Waals surface area contributed by atoms with Gasteiger partial charge in [0.25, 0.3) is 0 Å². The highest BCUT2D eigenvalue weighted by Gasteiger charge is 2.05. The van der Waals surface area contributed by atoms with Gasteiger partial charge < -0.3 is 11.1 Å². The van der Waals surface area contributed by atoms with E-state index in [1.807, 2.05) is 0 Å². The highest BCUT2D eigenvalue weighted by atomic mass is 32.1. The van der Waals surface area contributed by atoms with Gasteiger partial charge in [0.05, 0.1) is 12.4 Å². The summed E-state index contributed by atoms with van der Waals surface area (Å²) in [5, 5.41) is 7.51. The number of nitrogens with one attached hydrogen (secondary N) is 1. The number of nitrogens with zero attached hydrogens (tertiary/aromatic N) is 2. The van der Waals surface area contributed by atoms with Crippen molar-refractivity contribution in [2.45, 2.75) is 19.4 Å². The Kier molecular flexibility index (Phi) is 3.36. The first-order chi connectivity index (χ1) is 7.74. The number of hydrogen-bond acceptors (Lipinski definition) is 5. The lowest BCUT2D eigenvalue weighted by molar-refractivity contribution is 0.786. The van der Waals surface area contributed by atoms with Crippen molar-refractivity contribution in [1.82, 2.24) is 9.97 Å². The second-order valence-corrected chi connectivity index (χ2v) is 4.49. The number of anilines is 2. The van der Waals surface area contributed by atoms with Crippen molar-refractivity contribution in [3.63, 3.8) is 0 Å². The molecule has 2 heterocycles. The molecule has 0 radical (unpaired) electrons. The van der Waals surface area contributed by atoms with E-state index in [2.05, 4.69) is 39.0 Å². The minimum Gasteiger partial charge on any atom is -0.382 e. The zero-order valence-electron chi connectivity index (χ0n) is 9.05. The van der Waals surface area contributed by atoms with Crippen LogP contribution in [0.25, 0.3) is 0 Å². The SMILES string of the molecule is CC(Cc1ccsc1)Nc1cncc(N)n1. The third-order valence-corrected chi connectivity index (χ3v) is 2.90. The van der Waals surface area contributed by atoms with Gasteiger partial charge >= 0.3 is 0 Å². The Labute approximate surface area is 98.6 Å². The fourth-order valence-electron chi connectivity index (χ4n) is 1.52. The monoisotopic (exact) mass is 234 g/mol. The molecule has 2 rings (SSSR count). The normalized spacial score (nSPS) is 12.3. The summed E-state index contributed by atoms with van der Waals surface area (Å²) in [5.41, 5.74) is 6.89. The van der Waals surface area contributed by atoms with E-state index < -0.39 is 0 Å². The zero-order chi connectivity index (χ0) is 11.4. The van der Waals surface area contributed by atoms with Gasteiger partial charge in [0.15, 0.2) is 0 Å². The van der Waals surface area contributed by atoms with Gasteiger partial charge in [0.2, 0.25) is 0 Å². The third kappa shape index (κ3) is 2.93. The summed E-state index contributed by atoms with van der Waals surface area (Å²) in [4.78, 5) is 8.14. The lowest BCUT2D eigenvalue weighted by Gasteiger charge is -2.13. The minimum absolute atomic E-state index is 0.311. The first kappa shape index (κ1) is 10.9. The molecule has 16 heavy (non-hydrogen) atoms. The summed E-state index contributed by atoms with van der Waals surface area (Å²) in [7, 11) is 0. The van der Waals surface area contributed by atoms with Gasteiger partial charge in [-0.2, -0.15) is 11.3 Å². The van der Waals surface area contributed by atoms with E-state index in [0.29, 0.717) is 11.9 Å². The van der Waals surface area contributed by atoms with Crippen molar-refractivity contribution in [3.8, 4) is 0 Å². The van der Waals surface area contributed by atoms with E-state index in [1.165, 1.54) is 11.8 Å². The van der Waals surface area contributed by atoms with Crippen LogP contribution in [0, 0.1) is 0 Å². The Morgan fingerprint density at radius 1 is 1.50 bits per heavy atom. The molecule has 1 atom stereocenters. The topological polar surface area (TPSA) is 63.8 Å². The van der Waals surface area contributed by atoms with Crippen LogP contribution in [0.2, 0.25) is 0 Å². The van der Waals surface area contributed by atoms with Gasteiger partial charge in [-0.15, -0.1) is 0 Å². The van der Waals surface area contributed by atoms with Crippen LogP contribution in [-0.2, 0) is 6.42 Å². The van der Waals surface area contributed by atoms with E-state index >= 15 is 0 Å². The Balaban J connectivity index is 1.94. The molecule has 84 valence electrons. The second-order valence-electron chi connectivity index (χ2n) is 3.71. The van der Waals surface area contributed by atoms with E-state index in [0.717, 1.165) is 12.2 Å². The minimum atomic E-state index is 0.311. The number of aromatic nitrogens is 2. The zero-order valence-corrected chi connectivity index (χ0v) is 9.87. The smallest absolute Gasteiger partial charge is 0.147 e. The van der Waals surface area contributed by atoms with Crippen molar-refractivity contribution < 1.29 is 0 Å². The van der Waals surface area contributed by atoms with E-state index in [-0.39, 0.29) is 0 Å². The van der Waals surface area contributed by atoms with E-state index in [1.54, 1.807) is 17.5 Å². The van der Waals surface area contributed by atoms with Crippen LogP contribution in [0.4, 0.5) is 11.6 Å². The molecule has 0 fully saturated rings. The molecule has 0 amide bonds. The van der Waals surface area contributed by atoms with E-state index in [9.17, 15) is 0 Å². The van der Waals surface area contributed by atoms with Crippen molar-refractivity contribution >= 4 is 23.0 Å². The maximum atomic E-state index is 5.56. The number of hydrogen-bond donors (Lipinski definition) is 2. The molecule has 4 nitrogen and oxygen atoms in total. The average molecular weight is 234 g/mol. The van der Waals surface area contributed by atoms with Gasteiger partial charge in [-0.1, -0.05) is 0 Å². The van der Waals surface area contributed by atoms with Crippen LogP contribution in [0.5, 0.6) is 0 Å². The first-order valence-corrected chi connectivity index (χ1v) is 6.03. The molecule has 0 spiro atoms. The number of nitrogen functional groups attached to an aromatic ring is 1. The molecule has 0 aromatic carbocycles. The van der Waals surface area contributed by atoms with Crippen molar-refractivity contribution in [3.05, 3.63) is 34.8 Å². The van der Waals surface area contributed by atoms with Crippen LogP contribution in [-0.4, -0.2) is 16.0 Å². The largest absolute Gasteiger partial charge is 0.382 e. The van der Waals surface area contributed by atoms with Gasteiger partial charge in [0.1, 0.15) is 11.6 Å². The van der Waals surface area contributed by atoms with Crippen LogP contribution < -0.4 is 11.1 Å². The molecule has 1 unspecified atom stereocenters. The molecule has 2 aromatic rings. The van der Waals surface area contributed by atoms with Crippen molar-refractivity contribution in [1.29, 1.82) is 0 Å². The summed E-state index contributed by atoms with van der Waals surface area (Å²) in [6, 6.07) is 2.44. The summed E-state index contributed by atoms with van der Waals surface area (Å²) in [6.07, 6.45) is 4.19. The average Bonchev–Trinajstić information content (AvgIpc) is 2.70. The Hall–Kier alpha value is -1.62. The molecule has 2 aromatic heterocycles. The van der Waals surface area contributed by atoms with Crippen LogP contribution in [0.3, 0.4) is 0 Å². The fourth-order valence-corrected chi connectivity index (χ4v) is 2.20. The van der Waals surface area contributed by atoms with Crippen LogP contribution in [0.1, 0.15) is 12.5 Å². The summed E-state index contributed by atoms with van der Waals surface area (Å²) in [6.45, 7) is 2.11. The lowest BCUT2D eigenvalue weighted by atomic mass is 10.1. The van der Waals surface area contributed by atoms with Crippen molar-refractivity contribution in [2.75, 3.05) is 11.1 Å². The molecule has 0 saturated carbocycles. The maximum Gasteiger partial charge on any atom is 0.147 e. The van der Waals surface area contributed by atoms with Crippen LogP contribution in [0.15, 0.2) is 29.2 Å².